The van der Waals surface area contributed by atoms with E-state index >= 15 is 0 Å². The molecule has 1 aliphatic carbocycles. The van der Waals surface area contributed by atoms with Crippen molar-refractivity contribution in [1.82, 2.24) is 0 Å². The number of hydrogen-bond donors (Lipinski definition) is 1. The van der Waals surface area contributed by atoms with E-state index in [1.165, 1.54) is 6.07 Å². The molecule has 1 fully saturated rings. The quantitative estimate of drug-likeness (QED) is 0.897. The zero-order valence-corrected chi connectivity index (χ0v) is 12.7. The van der Waals surface area contributed by atoms with Gasteiger partial charge in [0.25, 0.3) is 0 Å². The summed E-state index contributed by atoms with van der Waals surface area (Å²) in [5.41, 5.74) is 0.669. The molecular formula is C17H25FO2. The Morgan fingerprint density at radius 3 is 2.60 bits per heavy atom. The van der Waals surface area contributed by atoms with Gasteiger partial charge in [0.05, 0.1) is 5.60 Å². The van der Waals surface area contributed by atoms with E-state index < -0.39 is 11.7 Å². The van der Waals surface area contributed by atoms with Crippen LogP contribution in [-0.2, 0) is 4.74 Å². The fourth-order valence-electron chi connectivity index (χ4n) is 3.12. The van der Waals surface area contributed by atoms with Crippen molar-refractivity contribution in [3.63, 3.8) is 0 Å². The van der Waals surface area contributed by atoms with E-state index in [-0.39, 0.29) is 5.82 Å². The molecule has 1 aliphatic rings. The minimum Gasteiger partial charge on any atom is -0.385 e. The van der Waals surface area contributed by atoms with Gasteiger partial charge in [-0.1, -0.05) is 19.1 Å². The third kappa shape index (κ3) is 3.04. The second-order valence-corrected chi connectivity index (χ2v) is 6.09. The zero-order chi connectivity index (χ0) is 14.8. The van der Waals surface area contributed by atoms with Gasteiger partial charge in [-0.3, -0.25) is 0 Å². The van der Waals surface area contributed by atoms with Gasteiger partial charge >= 0.3 is 0 Å². The highest BCUT2D eigenvalue weighted by atomic mass is 19.1. The van der Waals surface area contributed by atoms with E-state index in [9.17, 15) is 9.50 Å². The first-order valence-electron chi connectivity index (χ1n) is 7.56. The molecule has 3 heteroatoms. The van der Waals surface area contributed by atoms with Crippen LogP contribution < -0.4 is 0 Å². The number of hydrogen-bond acceptors (Lipinski definition) is 2. The van der Waals surface area contributed by atoms with Crippen LogP contribution >= 0.6 is 0 Å². The molecule has 1 aromatic carbocycles. The average Bonchev–Trinajstić information content (AvgIpc) is 2.44. The van der Waals surface area contributed by atoms with E-state index in [1.807, 2.05) is 13.0 Å². The molecular weight excluding hydrogens is 255 g/mol. The van der Waals surface area contributed by atoms with Gasteiger partial charge in [-0.15, -0.1) is 0 Å². The molecule has 20 heavy (non-hydrogen) atoms. The lowest BCUT2D eigenvalue weighted by Gasteiger charge is -2.42. The second kappa shape index (κ2) is 6.23. The zero-order valence-electron chi connectivity index (χ0n) is 12.7. The molecule has 1 unspecified atom stereocenters. The van der Waals surface area contributed by atoms with Crippen molar-refractivity contribution < 1.29 is 14.2 Å². The first kappa shape index (κ1) is 15.5. The van der Waals surface area contributed by atoms with Gasteiger partial charge in [-0.05, 0) is 62.6 Å². The van der Waals surface area contributed by atoms with Crippen molar-refractivity contribution in [2.45, 2.75) is 58.2 Å². The summed E-state index contributed by atoms with van der Waals surface area (Å²) in [5.74, 6) is 0.405. The summed E-state index contributed by atoms with van der Waals surface area (Å²) in [6.07, 6.45) is 3.00. The molecule has 0 amide bonds. The standard InChI is InChI=1S/C17H25FO2/c1-4-20-17(9-7-12(2)8-10-17)16(19)14-6-5-13(3)15(18)11-14/h5-6,11-12,16,19H,4,7-10H2,1-3H3. The number of halogens is 1. The molecule has 0 radical (unpaired) electrons. The Kier molecular flexibility index (Phi) is 4.82. The number of aliphatic hydroxyl groups is 1. The Balaban J connectivity index is 2.26. The SMILES string of the molecule is CCOC1(C(O)c2ccc(C)c(F)c2)CCC(C)CC1. The summed E-state index contributed by atoms with van der Waals surface area (Å²) < 4.78 is 19.7. The van der Waals surface area contributed by atoms with E-state index in [2.05, 4.69) is 6.92 Å². The summed E-state index contributed by atoms with van der Waals surface area (Å²) in [4.78, 5) is 0. The third-order valence-electron chi connectivity index (χ3n) is 4.56. The normalized spacial score (nSPS) is 28.4. The molecule has 1 aromatic rings. The van der Waals surface area contributed by atoms with Gasteiger partial charge in [0.2, 0.25) is 0 Å². The molecule has 0 heterocycles. The lowest BCUT2D eigenvalue weighted by molar-refractivity contribution is -0.146. The first-order chi connectivity index (χ1) is 9.48. The highest BCUT2D eigenvalue weighted by Crippen LogP contribution is 2.43. The molecule has 2 nitrogen and oxygen atoms in total. The predicted octanol–water partition coefficient (Wildman–Crippen LogP) is 4.15. The molecule has 1 atom stereocenters. The predicted molar refractivity (Wildman–Crippen MR) is 78.1 cm³/mol. The fourth-order valence-corrected chi connectivity index (χ4v) is 3.12. The van der Waals surface area contributed by atoms with Crippen molar-refractivity contribution >= 4 is 0 Å². The van der Waals surface area contributed by atoms with Crippen LogP contribution in [0.25, 0.3) is 0 Å². The van der Waals surface area contributed by atoms with Gasteiger partial charge in [0, 0.05) is 6.61 Å². The Bertz CT molecular complexity index is 450. The van der Waals surface area contributed by atoms with Crippen LogP contribution in [-0.4, -0.2) is 17.3 Å². The van der Waals surface area contributed by atoms with Gasteiger partial charge in [0.15, 0.2) is 0 Å². The fraction of sp³-hybridized carbons (Fsp3) is 0.647. The molecule has 0 saturated heterocycles. The largest absolute Gasteiger partial charge is 0.385 e. The Morgan fingerprint density at radius 2 is 2.05 bits per heavy atom. The maximum atomic E-state index is 13.7. The molecule has 1 N–H and O–H groups in total. The average molecular weight is 280 g/mol. The number of aliphatic hydroxyl groups excluding tert-OH is 1. The molecule has 1 saturated carbocycles. The molecule has 2 rings (SSSR count). The van der Waals surface area contributed by atoms with Crippen molar-refractivity contribution in [3.05, 3.63) is 35.1 Å². The van der Waals surface area contributed by atoms with Crippen LogP contribution in [0, 0.1) is 18.7 Å². The Morgan fingerprint density at radius 1 is 1.40 bits per heavy atom. The minimum absolute atomic E-state index is 0.266. The van der Waals surface area contributed by atoms with E-state index in [4.69, 9.17) is 4.74 Å². The van der Waals surface area contributed by atoms with Gasteiger partial charge < -0.3 is 9.84 Å². The highest BCUT2D eigenvalue weighted by molar-refractivity contribution is 5.27. The second-order valence-electron chi connectivity index (χ2n) is 6.09. The molecule has 0 bridgehead atoms. The van der Waals surface area contributed by atoms with Crippen LogP contribution in [0.2, 0.25) is 0 Å². The van der Waals surface area contributed by atoms with E-state index in [1.54, 1.807) is 13.0 Å². The van der Waals surface area contributed by atoms with E-state index in [0.717, 1.165) is 25.7 Å². The van der Waals surface area contributed by atoms with E-state index in [0.29, 0.717) is 23.7 Å². The Labute approximate surface area is 121 Å². The van der Waals surface area contributed by atoms with Gasteiger partial charge in [0.1, 0.15) is 11.9 Å². The number of rotatable bonds is 4. The number of benzene rings is 1. The lowest BCUT2D eigenvalue weighted by Crippen LogP contribution is -2.42. The third-order valence-corrected chi connectivity index (χ3v) is 4.56. The van der Waals surface area contributed by atoms with Crippen molar-refractivity contribution in [2.24, 2.45) is 5.92 Å². The van der Waals surface area contributed by atoms with Crippen molar-refractivity contribution in [3.8, 4) is 0 Å². The minimum atomic E-state index is -0.759. The molecule has 112 valence electrons. The van der Waals surface area contributed by atoms with Crippen LogP contribution in [0.4, 0.5) is 4.39 Å². The van der Waals surface area contributed by atoms with Crippen LogP contribution in [0.1, 0.15) is 56.8 Å². The Hall–Kier alpha value is -0.930. The summed E-state index contributed by atoms with van der Waals surface area (Å²) in [5, 5.41) is 10.7. The number of ether oxygens (including phenoxy) is 1. The van der Waals surface area contributed by atoms with Crippen LogP contribution in [0.15, 0.2) is 18.2 Å². The first-order valence-corrected chi connectivity index (χ1v) is 7.56. The van der Waals surface area contributed by atoms with Gasteiger partial charge in [-0.25, -0.2) is 4.39 Å². The molecule has 0 spiro atoms. The molecule has 0 aromatic heterocycles. The molecule has 0 aliphatic heterocycles. The lowest BCUT2D eigenvalue weighted by atomic mass is 9.74. The van der Waals surface area contributed by atoms with Crippen LogP contribution in [0.5, 0.6) is 0 Å². The maximum Gasteiger partial charge on any atom is 0.126 e. The smallest absolute Gasteiger partial charge is 0.126 e. The topological polar surface area (TPSA) is 29.5 Å². The van der Waals surface area contributed by atoms with Crippen molar-refractivity contribution in [2.75, 3.05) is 6.61 Å². The van der Waals surface area contributed by atoms with Crippen molar-refractivity contribution in [1.29, 1.82) is 0 Å². The maximum absolute atomic E-state index is 13.7. The summed E-state index contributed by atoms with van der Waals surface area (Å²) in [6.45, 7) is 6.47. The summed E-state index contributed by atoms with van der Waals surface area (Å²) in [7, 11) is 0. The summed E-state index contributed by atoms with van der Waals surface area (Å²) in [6, 6.07) is 4.97. The van der Waals surface area contributed by atoms with Crippen LogP contribution in [0.3, 0.4) is 0 Å². The highest BCUT2D eigenvalue weighted by Gasteiger charge is 2.42. The number of aryl methyl sites for hydroxylation is 1. The monoisotopic (exact) mass is 280 g/mol. The summed E-state index contributed by atoms with van der Waals surface area (Å²) >= 11 is 0. The van der Waals surface area contributed by atoms with Gasteiger partial charge in [-0.2, -0.15) is 0 Å².